The molecule has 1 atom stereocenters. The van der Waals surface area contributed by atoms with Gasteiger partial charge in [-0.25, -0.2) is 4.79 Å². The summed E-state index contributed by atoms with van der Waals surface area (Å²) in [5, 5.41) is 14.0. The van der Waals surface area contributed by atoms with Crippen molar-refractivity contribution in [3.63, 3.8) is 0 Å². The Morgan fingerprint density at radius 3 is 2.35 bits per heavy atom. The average molecular weight is 345 g/mol. The van der Waals surface area contributed by atoms with Crippen molar-refractivity contribution in [3.05, 3.63) is 90.0 Å². The largest absolute Gasteiger partial charge is 0.480 e. The van der Waals surface area contributed by atoms with Crippen molar-refractivity contribution in [2.75, 3.05) is 0 Å². The number of carbonyl (C=O) groups is 2. The zero-order valence-electron chi connectivity index (χ0n) is 14.1. The molecule has 3 aromatic carbocycles. The minimum Gasteiger partial charge on any atom is -0.480 e. The SMILES string of the molecule is O=C(N[C@H](CC=Cc1ccccc1)C(=O)O)c1ccc2ccccc2c1. The number of amides is 1. The first-order valence-corrected chi connectivity index (χ1v) is 8.37. The summed E-state index contributed by atoms with van der Waals surface area (Å²) in [6, 6.07) is 21.7. The predicted octanol–water partition coefficient (Wildman–Crippen LogP) is 4.13. The van der Waals surface area contributed by atoms with E-state index in [0.717, 1.165) is 16.3 Å². The van der Waals surface area contributed by atoms with E-state index >= 15 is 0 Å². The molecule has 2 N–H and O–H groups in total. The van der Waals surface area contributed by atoms with Crippen molar-refractivity contribution in [2.24, 2.45) is 0 Å². The molecule has 0 unspecified atom stereocenters. The molecule has 0 heterocycles. The number of aliphatic carboxylic acids is 1. The highest BCUT2D eigenvalue weighted by atomic mass is 16.4. The fourth-order valence-corrected chi connectivity index (χ4v) is 2.70. The Hall–Kier alpha value is -3.40. The smallest absolute Gasteiger partial charge is 0.326 e. The Bertz CT molecular complexity index is 948. The van der Waals surface area contributed by atoms with E-state index in [1.54, 1.807) is 18.2 Å². The molecule has 4 nitrogen and oxygen atoms in total. The van der Waals surface area contributed by atoms with E-state index in [9.17, 15) is 14.7 Å². The van der Waals surface area contributed by atoms with Gasteiger partial charge in [0, 0.05) is 5.56 Å². The lowest BCUT2D eigenvalue weighted by Crippen LogP contribution is -2.40. The molecule has 3 aromatic rings. The Morgan fingerprint density at radius 2 is 1.62 bits per heavy atom. The first-order valence-electron chi connectivity index (χ1n) is 8.37. The fraction of sp³-hybridized carbons (Fsp3) is 0.0909. The highest BCUT2D eigenvalue weighted by molar-refractivity contribution is 6.00. The van der Waals surface area contributed by atoms with Gasteiger partial charge in [-0.1, -0.05) is 72.8 Å². The molecule has 0 aliphatic carbocycles. The lowest BCUT2D eigenvalue weighted by Gasteiger charge is -2.13. The summed E-state index contributed by atoms with van der Waals surface area (Å²) >= 11 is 0. The van der Waals surface area contributed by atoms with Gasteiger partial charge < -0.3 is 10.4 Å². The minimum atomic E-state index is -1.06. The number of rotatable bonds is 6. The van der Waals surface area contributed by atoms with Gasteiger partial charge in [0.1, 0.15) is 6.04 Å². The van der Waals surface area contributed by atoms with Crippen LogP contribution in [0.5, 0.6) is 0 Å². The van der Waals surface area contributed by atoms with Crippen LogP contribution in [-0.2, 0) is 4.79 Å². The molecular formula is C22H19NO3. The van der Waals surface area contributed by atoms with Gasteiger partial charge in [0.25, 0.3) is 5.91 Å². The maximum Gasteiger partial charge on any atom is 0.326 e. The summed E-state index contributed by atoms with van der Waals surface area (Å²) in [7, 11) is 0. The van der Waals surface area contributed by atoms with E-state index in [0.29, 0.717) is 5.56 Å². The molecule has 0 aliphatic rings. The number of hydrogen-bond acceptors (Lipinski definition) is 2. The van der Waals surface area contributed by atoms with Crippen LogP contribution in [-0.4, -0.2) is 23.0 Å². The normalized spacial score (nSPS) is 12.2. The second-order valence-corrected chi connectivity index (χ2v) is 5.97. The van der Waals surface area contributed by atoms with Gasteiger partial charge in [-0.3, -0.25) is 4.79 Å². The van der Waals surface area contributed by atoms with Crippen molar-refractivity contribution in [1.29, 1.82) is 0 Å². The maximum atomic E-state index is 12.4. The molecule has 0 fully saturated rings. The molecule has 0 saturated carbocycles. The average Bonchev–Trinajstić information content (AvgIpc) is 2.67. The van der Waals surface area contributed by atoms with Crippen molar-refractivity contribution in [3.8, 4) is 0 Å². The lowest BCUT2D eigenvalue weighted by molar-refractivity contribution is -0.139. The molecule has 4 heteroatoms. The van der Waals surface area contributed by atoms with Gasteiger partial charge in [0.15, 0.2) is 0 Å². The van der Waals surface area contributed by atoms with Crippen molar-refractivity contribution < 1.29 is 14.7 Å². The summed E-state index contributed by atoms with van der Waals surface area (Å²) in [4.78, 5) is 23.9. The molecule has 0 radical (unpaired) electrons. The molecule has 0 aromatic heterocycles. The number of carboxylic acids is 1. The molecule has 3 rings (SSSR count). The van der Waals surface area contributed by atoms with Gasteiger partial charge in [-0.05, 0) is 34.9 Å². The van der Waals surface area contributed by atoms with Crippen molar-refractivity contribution in [1.82, 2.24) is 5.32 Å². The number of fused-ring (bicyclic) bond motifs is 1. The van der Waals surface area contributed by atoms with Crippen LogP contribution in [0.1, 0.15) is 22.3 Å². The minimum absolute atomic E-state index is 0.212. The summed E-state index contributed by atoms with van der Waals surface area (Å²) in [5.41, 5.74) is 1.43. The van der Waals surface area contributed by atoms with Gasteiger partial charge in [0.2, 0.25) is 0 Å². The quantitative estimate of drug-likeness (QED) is 0.706. The van der Waals surface area contributed by atoms with Crippen LogP contribution in [0.25, 0.3) is 16.8 Å². The fourth-order valence-electron chi connectivity index (χ4n) is 2.70. The zero-order chi connectivity index (χ0) is 18.4. The third-order valence-electron chi connectivity index (χ3n) is 4.10. The molecule has 26 heavy (non-hydrogen) atoms. The van der Waals surface area contributed by atoms with Gasteiger partial charge >= 0.3 is 5.97 Å². The van der Waals surface area contributed by atoms with Gasteiger partial charge in [-0.15, -0.1) is 0 Å². The summed E-state index contributed by atoms with van der Waals surface area (Å²) < 4.78 is 0. The van der Waals surface area contributed by atoms with E-state index in [1.165, 1.54) is 0 Å². The first kappa shape index (κ1) is 17.4. The standard InChI is InChI=1S/C22H19NO3/c24-21(19-14-13-17-10-4-5-11-18(17)15-19)23-20(22(25)26)12-6-9-16-7-2-1-3-8-16/h1-11,13-15,20H,12H2,(H,23,24)(H,25,26)/t20-/m1/s1. The molecular weight excluding hydrogens is 326 g/mol. The Morgan fingerprint density at radius 1 is 0.923 bits per heavy atom. The van der Waals surface area contributed by atoms with Gasteiger partial charge in [0.05, 0.1) is 0 Å². The van der Waals surface area contributed by atoms with Crippen LogP contribution in [0.3, 0.4) is 0 Å². The van der Waals surface area contributed by atoms with Crippen LogP contribution >= 0.6 is 0 Å². The van der Waals surface area contributed by atoms with Crippen LogP contribution in [0.15, 0.2) is 78.9 Å². The molecule has 130 valence electrons. The molecule has 0 aliphatic heterocycles. The third kappa shape index (κ3) is 4.36. The van der Waals surface area contributed by atoms with Gasteiger partial charge in [-0.2, -0.15) is 0 Å². The Kier molecular flexibility index (Phi) is 5.44. The summed E-state index contributed by atoms with van der Waals surface area (Å²) in [6.07, 6.45) is 3.82. The van der Waals surface area contributed by atoms with Crippen molar-refractivity contribution >= 4 is 28.7 Å². The Balaban J connectivity index is 1.69. The van der Waals surface area contributed by atoms with Crippen LogP contribution in [0.2, 0.25) is 0 Å². The number of hydrogen-bond donors (Lipinski definition) is 2. The predicted molar refractivity (Wildman–Crippen MR) is 103 cm³/mol. The Labute approximate surface area is 151 Å². The summed E-state index contributed by atoms with van der Waals surface area (Å²) in [6.45, 7) is 0. The van der Waals surface area contributed by atoms with E-state index < -0.39 is 17.9 Å². The number of nitrogens with one attached hydrogen (secondary N) is 1. The summed E-state index contributed by atoms with van der Waals surface area (Å²) in [5.74, 6) is -1.45. The second-order valence-electron chi connectivity index (χ2n) is 5.97. The van der Waals surface area contributed by atoms with E-state index in [-0.39, 0.29) is 6.42 Å². The maximum absolute atomic E-state index is 12.4. The molecule has 0 saturated heterocycles. The topological polar surface area (TPSA) is 66.4 Å². The first-order chi connectivity index (χ1) is 12.6. The van der Waals surface area contributed by atoms with E-state index in [4.69, 9.17) is 0 Å². The molecule has 0 bridgehead atoms. The van der Waals surface area contributed by atoms with Crippen LogP contribution in [0, 0.1) is 0 Å². The number of carboxylic acid groups (broad SMARTS) is 1. The zero-order valence-corrected chi connectivity index (χ0v) is 14.1. The van der Waals surface area contributed by atoms with E-state index in [2.05, 4.69) is 5.32 Å². The highest BCUT2D eigenvalue weighted by Gasteiger charge is 2.19. The number of carbonyl (C=O) groups excluding carboxylic acids is 1. The van der Waals surface area contributed by atoms with Crippen molar-refractivity contribution in [2.45, 2.75) is 12.5 Å². The monoisotopic (exact) mass is 345 g/mol. The molecule has 1 amide bonds. The van der Waals surface area contributed by atoms with Crippen LogP contribution < -0.4 is 5.32 Å². The third-order valence-corrected chi connectivity index (χ3v) is 4.10. The number of benzene rings is 3. The van der Waals surface area contributed by atoms with E-state index in [1.807, 2.05) is 66.7 Å². The lowest BCUT2D eigenvalue weighted by atomic mass is 10.1. The molecule has 0 spiro atoms. The van der Waals surface area contributed by atoms with Crippen LogP contribution in [0.4, 0.5) is 0 Å². The second kappa shape index (κ2) is 8.12. The highest BCUT2D eigenvalue weighted by Crippen LogP contribution is 2.16.